The lowest BCUT2D eigenvalue weighted by Crippen LogP contribution is -2.39. The molecule has 4 heteroatoms. The summed E-state index contributed by atoms with van der Waals surface area (Å²) in [4.78, 5) is 2.22. The molecule has 19 heavy (non-hydrogen) atoms. The number of halogens is 1. The molecule has 1 aromatic rings. The van der Waals surface area contributed by atoms with Gasteiger partial charge in [0.15, 0.2) is 0 Å². The Balaban J connectivity index is 3.17. The predicted molar refractivity (Wildman–Crippen MR) is 85.8 cm³/mol. The van der Waals surface area contributed by atoms with Crippen molar-refractivity contribution in [3.63, 3.8) is 0 Å². The van der Waals surface area contributed by atoms with E-state index in [1.807, 2.05) is 20.9 Å². The maximum Gasteiger partial charge on any atom is 0.0765 e. The highest BCUT2D eigenvalue weighted by Gasteiger charge is 2.21. The molecule has 1 atom stereocenters. The van der Waals surface area contributed by atoms with Gasteiger partial charge < -0.3 is 15.3 Å². The third kappa shape index (κ3) is 4.79. The normalized spacial score (nSPS) is 13.4. The third-order valence-corrected chi connectivity index (χ3v) is 3.69. The first-order valence-corrected chi connectivity index (χ1v) is 7.52. The number of aliphatic hydroxyl groups is 1. The molecule has 0 radical (unpaired) electrons. The Morgan fingerprint density at radius 3 is 2.53 bits per heavy atom. The Bertz CT molecular complexity index is 415. The summed E-state index contributed by atoms with van der Waals surface area (Å²) in [6.45, 7) is 9.42. The van der Waals surface area contributed by atoms with Crippen molar-refractivity contribution in [3.05, 3.63) is 28.2 Å². The fourth-order valence-corrected chi connectivity index (χ4v) is 2.50. The first-order chi connectivity index (χ1) is 8.78. The van der Waals surface area contributed by atoms with E-state index in [4.69, 9.17) is 0 Å². The Hall–Kier alpha value is -0.580. The Morgan fingerprint density at radius 1 is 1.42 bits per heavy atom. The van der Waals surface area contributed by atoms with Crippen LogP contribution < -0.4 is 10.2 Å². The number of anilines is 1. The van der Waals surface area contributed by atoms with Crippen molar-refractivity contribution in [3.8, 4) is 0 Å². The number of nitrogens with one attached hydrogen (secondary N) is 1. The van der Waals surface area contributed by atoms with Gasteiger partial charge >= 0.3 is 0 Å². The maximum atomic E-state index is 10.1. The molecule has 0 bridgehead atoms. The first kappa shape index (κ1) is 16.5. The van der Waals surface area contributed by atoms with Crippen molar-refractivity contribution < 1.29 is 5.11 Å². The number of likely N-dealkylation sites (N-methyl/N-ethyl adjacent to an activating group) is 1. The molecule has 0 aliphatic rings. The van der Waals surface area contributed by atoms with Crippen LogP contribution in [0.2, 0.25) is 0 Å². The zero-order chi connectivity index (χ0) is 14.6. The van der Waals surface area contributed by atoms with E-state index in [9.17, 15) is 5.11 Å². The number of hydrogen-bond donors (Lipinski definition) is 2. The van der Waals surface area contributed by atoms with Gasteiger partial charge in [-0.2, -0.15) is 0 Å². The van der Waals surface area contributed by atoms with E-state index in [0.29, 0.717) is 6.54 Å². The van der Waals surface area contributed by atoms with Gasteiger partial charge in [-0.3, -0.25) is 0 Å². The molecule has 3 nitrogen and oxygen atoms in total. The average Bonchev–Trinajstić information content (AvgIpc) is 2.33. The molecule has 0 saturated carbocycles. The van der Waals surface area contributed by atoms with Crippen molar-refractivity contribution in [1.29, 1.82) is 0 Å². The topological polar surface area (TPSA) is 35.5 Å². The van der Waals surface area contributed by atoms with E-state index in [1.165, 1.54) is 11.3 Å². The minimum Gasteiger partial charge on any atom is -0.389 e. The largest absolute Gasteiger partial charge is 0.389 e. The van der Waals surface area contributed by atoms with Crippen LogP contribution in [0.25, 0.3) is 0 Å². The van der Waals surface area contributed by atoms with Gasteiger partial charge in [0.05, 0.1) is 5.60 Å². The smallest absolute Gasteiger partial charge is 0.0765 e. The monoisotopic (exact) mass is 328 g/mol. The highest BCUT2D eigenvalue weighted by molar-refractivity contribution is 9.10. The minimum absolute atomic E-state index is 0.277. The van der Waals surface area contributed by atoms with Gasteiger partial charge in [-0.05, 0) is 52.4 Å². The van der Waals surface area contributed by atoms with Crippen molar-refractivity contribution >= 4 is 21.6 Å². The van der Waals surface area contributed by atoms with Gasteiger partial charge in [-0.1, -0.05) is 22.0 Å². The second-order valence-corrected chi connectivity index (χ2v) is 6.46. The van der Waals surface area contributed by atoms with Gasteiger partial charge in [0, 0.05) is 29.3 Å². The Morgan fingerprint density at radius 2 is 2.05 bits per heavy atom. The summed E-state index contributed by atoms with van der Waals surface area (Å²) in [5, 5.41) is 13.3. The van der Waals surface area contributed by atoms with Crippen molar-refractivity contribution in [2.45, 2.75) is 39.3 Å². The molecule has 108 valence electrons. The van der Waals surface area contributed by atoms with Crippen LogP contribution in [0.4, 0.5) is 5.69 Å². The molecule has 0 spiro atoms. The summed E-state index contributed by atoms with van der Waals surface area (Å²) in [6.07, 6.45) is 0. The van der Waals surface area contributed by atoms with E-state index in [2.05, 4.69) is 58.2 Å². The van der Waals surface area contributed by atoms with E-state index >= 15 is 0 Å². The average molecular weight is 329 g/mol. The summed E-state index contributed by atoms with van der Waals surface area (Å²) >= 11 is 3.53. The van der Waals surface area contributed by atoms with Crippen LogP contribution in [0.5, 0.6) is 0 Å². The number of hydrogen-bond acceptors (Lipinski definition) is 3. The molecule has 0 aliphatic carbocycles. The lowest BCUT2D eigenvalue weighted by molar-refractivity contribution is 0.0875. The summed E-state index contributed by atoms with van der Waals surface area (Å²) in [5.41, 5.74) is 1.70. The van der Waals surface area contributed by atoms with Gasteiger partial charge in [0.25, 0.3) is 0 Å². The van der Waals surface area contributed by atoms with Gasteiger partial charge in [0.1, 0.15) is 0 Å². The highest BCUT2D eigenvalue weighted by atomic mass is 79.9. The lowest BCUT2D eigenvalue weighted by atomic mass is 10.0. The molecule has 2 N–H and O–H groups in total. The van der Waals surface area contributed by atoms with E-state index in [0.717, 1.165) is 11.0 Å². The van der Waals surface area contributed by atoms with Gasteiger partial charge in [-0.25, -0.2) is 0 Å². The lowest BCUT2D eigenvalue weighted by Gasteiger charge is -2.32. The summed E-state index contributed by atoms with van der Waals surface area (Å²) in [7, 11) is 1.96. The van der Waals surface area contributed by atoms with Crippen molar-refractivity contribution in [1.82, 2.24) is 5.32 Å². The van der Waals surface area contributed by atoms with Crippen LogP contribution in [0.15, 0.2) is 22.7 Å². The molecule has 0 heterocycles. The molecule has 0 aromatic heterocycles. The second kappa shape index (κ2) is 6.73. The zero-order valence-electron chi connectivity index (χ0n) is 12.5. The minimum atomic E-state index is -0.710. The zero-order valence-corrected chi connectivity index (χ0v) is 14.1. The van der Waals surface area contributed by atoms with Crippen LogP contribution in [0, 0.1) is 0 Å². The number of nitrogens with zero attached hydrogens (tertiary/aromatic N) is 1. The Kier molecular flexibility index (Phi) is 5.83. The maximum absolute atomic E-state index is 10.1. The van der Waals surface area contributed by atoms with E-state index in [-0.39, 0.29) is 6.04 Å². The van der Waals surface area contributed by atoms with Crippen molar-refractivity contribution in [2.24, 2.45) is 0 Å². The number of benzene rings is 1. The van der Waals surface area contributed by atoms with Gasteiger partial charge in [-0.15, -0.1) is 0 Å². The quantitative estimate of drug-likeness (QED) is 0.840. The fraction of sp³-hybridized carbons (Fsp3) is 0.600. The van der Waals surface area contributed by atoms with E-state index in [1.54, 1.807) is 0 Å². The fourth-order valence-electron chi connectivity index (χ4n) is 2.15. The SMILES string of the molecule is CCN(CC(C)(C)O)c1cc(Br)ccc1C(C)NC. The molecule has 1 rings (SSSR count). The Labute approximate surface area is 125 Å². The summed E-state index contributed by atoms with van der Waals surface area (Å²) in [5.74, 6) is 0. The molecule has 0 fully saturated rings. The summed E-state index contributed by atoms with van der Waals surface area (Å²) < 4.78 is 1.06. The van der Waals surface area contributed by atoms with Crippen LogP contribution in [-0.2, 0) is 0 Å². The molecule has 1 unspecified atom stereocenters. The predicted octanol–water partition coefficient (Wildman–Crippen LogP) is 3.33. The van der Waals surface area contributed by atoms with Crippen LogP contribution in [0.1, 0.15) is 39.3 Å². The molecule has 1 aromatic carbocycles. The molecular formula is C15H25BrN2O. The molecular weight excluding hydrogens is 304 g/mol. The number of rotatable bonds is 6. The van der Waals surface area contributed by atoms with Crippen LogP contribution >= 0.6 is 15.9 Å². The van der Waals surface area contributed by atoms with E-state index < -0.39 is 5.60 Å². The van der Waals surface area contributed by atoms with Crippen molar-refractivity contribution in [2.75, 3.05) is 25.0 Å². The summed E-state index contributed by atoms with van der Waals surface area (Å²) in [6, 6.07) is 6.59. The van der Waals surface area contributed by atoms with Crippen LogP contribution in [0.3, 0.4) is 0 Å². The third-order valence-electron chi connectivity index (χ3n) is 3.19. The standard InChI is InChI=1S/C15H25BrN2O/c1-6-18(10-15(3,4)19)14-9-12(16)7-8-13(14)11(2)17-5/h7-9,11,17,19H,6,10H2,1-5H3. The van der Waals surface area contributed by atoms with Gasteiger partial charge in [0.2, 0.25) is 0 Å². The highest BCUT2D eigenvalue weighted by Crippen LogP contribution is 2.30. The first-order valence-electron chi connectivity index (χ1n) is 6.72. The molecule has 0 saturated heterocycles. The second-order valence-electron chi connectivity index (χ2n) is 5.54. The molecule has 0 aliphatic heterocycles. The van der Waals surface area contributed by atoms with Crippen LogP contribution in [-0.4, -0.2) is 30.8 Å². The molecule has 0 amide bonds.